The lowest BCUT2D eigenvalue weighted by atomic mass is 9.86. The molecule has 2 aliphatic heterocycles. The number of fused-ring (bicyclic) bond motifs is 1. The van der Waals surface area contributed by atoms with E-state index in [-0.39, 0.29) is 11.9 Å². The number of rotatable bonds is 1. The SMILES string of the molecule is NC1(c2noc(C(F)(F)F)n2)CCN2CCCCC21. The quantitative estimate of drug-likeness (QED) is 0.842. The third kappa shape index (κ3) is 2.02. The Morgan fingerprint density at radius 3 is 2.79 bits per heavy atom. The minimum absolute atomic E-state index is 0.0138. The number of piperidine rings is 1. The summed E-state index contributed by atoms with van der Waals surface area (Å²) >= 11 is 0. The molecule has 1 aromatic heterocycles. The Labute approximate surface area is 107 Å². The van der Waals surface area contributed by atoms with Crippen molar-refractivity contribution in [2.75, 3.05) is 13.1 Å². The third-order valence-corrected chi connectivity index (χ3v) is 4.11. The van der Waals surface area contributed by atoms with Crippen LogP contribution in [0.15, 0.2) is 4.52 Å². The fourth-order valence-electron chi connectivity index (χ4n) is 3.13. The molecule has 0 aromatic carbocycles. The lowest BCUT2D eigenvalue weighted by molar-refractivity contribution is -0.159. The number of nitrogens with zero attached hydrogens (tertiary/aromatic N) is 3. The molecule has 0 spiro atoms. The molecule has 3 heterocycles. The molecule has 2 saturated heterocycles. The Hall–Kier alpha value is -1.15. The van der Waals surface area contributed by atoms with Crippen molar-refractivity contribution in [3.63, 3.8) is 0 Å². The molecule has 8 heteroatoms. The molecule has 0 amide bonds. The van der Waals surface area contributed by atoms with Crippen molar-refractivity contribution in [2.24, 2.45) is 5.73 Å². The van der Waals surface area contributed by atoms with Crippen LogP contribution in [0, 0.1) is 0 Å². The minimum atomic E-state index is -4.62. The summed E-state index contributed by atoms with van der Waals surface area (Å²) in [6, 6.07) is 0.0138. The molecule has 2 atom stereocenters. The first-order valence-corrected chi connectivity index (χ1v) is 6.35. The highest BCUT2D eigenvalue weighted by Crippen LogP contribution is 2.40. The smallest absolute Gasteiger partial charge is 0.329 e. The summed E-state index contributed by atoms with van der Waals surface area (Å²) in [5.41, 5.74) is 5.37. The Balaban J connectivity index is 1.90. The summed E-state index contributed by atoms with van der Waals surface area (Å²) in [7, 11) is 0. The van der Waals surface area contributed by atoms with Crippen LogP contribution < -0.4 is 5.73 Å². The summed E-state index contributed by atoms with van der Waals surface area (Å²) < 4.78 is 41.8. The van der Waals surface area contributed by atoms with E-state index in [9.17, 15) is 13.2 Å². The van der Waals surface area contributed by atoms with Gasteiger partial charge in [0, 0.05) is 12.6 Å². The van der Waals surface area contributed by atoms with Gasteiger partial charge in [-0.1, -0.05) is 11.6 Å². The Kier molecular flexibility index (Phi) is 2.82. The highest BCUT2D eigenvalue weighted by molar-refractivity contribution is 5.15. The molecule has 0 saturated carbocycles. The van der Waals surface area contributed by atoms with Gasteiger partial charge in [-0.2, -0.15) is 18.2 Å². The van der Waals surface area contributed by atoms with Gasteiger partial charge in [-0.3, -0.25) is 4.90 Å². The first-order valence-electron chi connectivity index (χ1n) is 6.35. The normalized spacial score (nSPS) is 32.5. The summed E-state index contributed by atoms with van der Waals surface area (Å²) in [6.45, 7) is 1.71. The molecule has 19 heavy (non-hydrogen) atoms. The van der Waals surface area contributed by atoms with Gasteiger partial charge in [-0.05, 0) is 25.8 Å². The molecular formula is C11H15F3N4O. The second-order valence-electron chi connectivity index (χ2n) is 5.26. The van der Waals surface area contributed by atoms with Crippen LogP contribution in [0.25, 0.3) is 0 Å². The molecule has 5 nitrogen and oxygen atoms in total. The molecule has 2 N–H and O–H groups in total. The first kappa shape index (κ1) is 12.9. The van der Waals surface area contributed by atoms with Gasteiger partial charge in [-0.25, -0.2) is 0 Å². The second-order valence-corrected chi connectivity index (χ2v) is 5.26. The van der Waals surface area contributed by atoms with Crippen LogP contribution in [0.2, 0.25) is 0 Å². The zero-order valence-electron chi connectivity index (χ0n) is 10.3. The van der Waals surface area contributed by atoms with Gasteiger partial charge in [0.1, 0.15) is 0 Å². The zero-order valence-corrected chi connectivity index (χ0v) is 10.3. The van der Waals surface area contributed by atoms with Crippen molar-refractivity contribution in [3.05, 3.63) is 11.7 Å². The zero-order chi connectivity index (χ0) is 13.7. The van der Waals surface area contributed by atoms with Crippen LogP contribution >= 0.6 is 0 Å². The fraction of sp³-hybridized carbons (Fsp3) is 0.818. The monoisotopic (exact) mass is 276 g/mol. The summed E-state index contributed by atoms with van der Waals surface area (Å²) in [5, 5.41) is 3.47. The first-order chi connectivity index (χ1) is 8.91. The number of alkyl halides is 3. The van der Waals surface area contributed by atoms with E-state index >= 15 is 0 Å². The van der Waals surface area contributed by atoms with Crippen LogP contribution in [0.5, 0.6) is 0 Å². The van der Waals surface area contributed by atoms with Crippen molar-refractivity contribution in [1.29, 1.82) is 0 Å². The van der Waals surface area contributed by atoms with Gasteiger partial charge in [0.05, 0.1) is 5.54 Å². The average molecular weight is 276 g/mol. The van der Waals surface area contributed by atoms with Gasteiger partial charge >= 0.3 is 12.1 Å². The van der Waals surface area contributed by atoms with E-state index < -0.39 is 17.6 Å². The molecule has 0 radical (unpaired) electrons. The van der Waals surface area contributed by atoms with Crippen molar-refractivity contribution < 1.29 is 17.7 Å². The summed E-state index contributed by atoms with van der Waals surface area (Å²) in [5.74, 6) is -1.34. The number of nitrogens with two attached hydrogens (primary N) is 1. The van der Waals surface area contributed by atoms with Gasteiger partial charge in [0.2, 0.25) is 0 Å². The second kappa shape index (κ2) is 4.17. The highest BCUT2D eigenvalue weighted by Gasteiger charge is 2.50. The average Bonchev–Trinajstić information content (AvgIpc) is 2.96. The van der Waals surface area contributed by atoms with Crippen molar-refractivity contribution in [3.8, 4) is 0 Å². The van der Waals surface area contributed by atoms with Gasteiger partial charge in [0.25, 0.3) is 0 Å². The maximum atomic E-state index is 12.5. The predicted molar refractivity (Wildman–Crippen MR) is 59.0 cm³/mol. The van der Waals surface area contributed by atoms with Gasteiger partial charge in [-0.15, -0.1) is 0 Å². The molecule has 0 bridgehead atoms. The van der Waals surface area contributed by atoms with Crippen LogP contribution in [-0.2, 0) is 11.7 Å². The number of hydrogen-bond donors (Lipinski definition) is 1. The lowest BCUT2D eigenvalue weighted by Crippen LogP contribution is -2.51. The van der Waals surface area contributed by atoms with Gasteiger partial charge < -0.3 is 10.3 Å². The molecule has 3 rings (SSSR count). The van der Waals surface area contributed by atoms with E-state index in [0.29, 0.717) is 6.42 Å². The third-order valence-electron chi connectivity index (χ3n) is 4.11. The Morgan fingerprint density at radius 2 is 2.11 bits per heavy atom. The molecule has 2 unspecified atom stereocenters. The van der Waals surface area contributed by atoms with Gasteiger partial charge in [0.15, 0.2) is 5.82 Å². The van der Waals surface area contributed by atoms with Crippen LogP contribution in [-0.4, -0.2) is 34.2 Å². The standard InChI is InChI=1S/C11H15F3N4O/c12-11(13,14)9-16-8(17-19-9)10(15)4-6-18-5-2-1-3-7(10)18/h7H,1-6,15H2. The van der Waals surface area contributed by atoms with Crippen molar-refractivity contribution >= 4 is 0 Å². The maximum absolute atomic E-state index is 12.5. The summed E-state index contributed by atoms with van der Waals surface area (Å²) in [6.07, 6.45) is -1.05. The molecule has 106 valence electrons. The molecular weight excluding hydrogens is 261 g/mol. The minimum Gasteiger partial charge on any atom is -0.329 e. The molecule has 2 fully saturated rings. The lowest BCUT2D eigenvalue weighted by Gasteiger charge is -2.36. The molecule has 1 aromatic rings. The van der Waals surface area contributed by atoms with E-state index in [1.807, 2.05) is 0 Å². The van der Waals surface area contributed by atoms with Crippen LogP contribution in [0.4, 0.5) is 13.2 Å². The van der Waals surface area contributed by atoms with Crippen LogP contribution in [0.3, 0.4) is 0 Å². The molecule has 0 aliphatic carbocycles. The van der Waals surface area contributed by atoms with E-state index in [1.54, 1.807) is 0 Å². The summed E-state index contributed by atoms with van der Waals surface area (Å²) in [4.78, 5) is 5.69. The Morgan fingerprint density at radius 1 is 1.32 bits per heavy atom. The van der Waals surface area contributed by atoms with E-state index in [0.717, 1.165) is 32.4 Å². The topological polar surface area (TPSA) is 68.2 Å². The van der Waals surface area contributed by atoms with E-state index in [4.69, 9.17) is 5.73 Å². The highest BCUT2D eigenvalue weighted by atomic mass is 19.4. The van der Waals surface area contributed by atoms with E-state index in [2.05, 4.69) is 19.6 Å². The number of aromatic nitrogens is 2. The predicted octanol–water partition coefficient (Wildman–Crippen LogP) is 1.50. The fourth-order valence-corrected chi connectivity index (χ4v) is 3.13. The Bertz CT molecular complexity index is 475. The van der Waals surface area contributed by atoms with E-state index in [1.165, 1.54) is 0 Å². The number of hydrogen-bond acceptors (Lipinski definition) is 5. The number of halogens is 3. The maximum Gasteiger partial charge on any atom is 0.471 e. The van der Waals surface area contributed by atoms with Crippen molar-refractivity contribution in [1.82, 2.24) is 15.0 Å². The van der Waals surface area contributed by atoms with Crippen LogP contribution in [0.1, 0.15) is 37.4 Å². The largest absolute Gasteiger partial charge is 0.471 e. The van der Waals surface area contributed by atoms with Crippen molar-refractivity contribution in [2.45, 2.75) is 43.4 Å². The molecule has 2 aliphatic rings.